The highest BCUT2D eigenvalue weighted by molar-refractivity contribution is 5.94. The van der Waals surface area contributed by atoms with Gasteiger partial charge in [-0.1, -0.05) is 54.6 Å². The van der Waals surface area contributed by atoms with Gasteiger partial charge in [0.15, 0.2) is 0 Å². The first-order chi connectivity index (χ1) is 21.4. The van der Waals surface area contributed by atoms with Crippen LogP contribution in [0.5, 0.6) is 11.5 Å². The molecule has 0 heterocycles. The molecule has 3 aromatic rings. The van der Waals surface area contributed by atoms with Crippen molar-refractivity contribution in [3.05, 3.63) is 95.6 Å². The number of carbonyl (C=O) groups is 5. The highest BCUT2D eigenvalue weighted by Crippen LogP contribution is 2.14. The lowest BCUT2D eigenvalue weighted by molar-refractivity contribution is -0.142. The van der Waals surface area contributed by atoms with Crippen molar-refractivity contribution in [2.24, 2.45) is 11.5 Å². The average Bonchev–Trinajstić information content (AvgIpc) is 3.00. The van der Waals surface area contributed by atoms with Crippen LogP contribution in [-0.4, -0.2) is 69.1 Å². The summed E-state index contributed by atoms with van der Waals surface area (Å²) in [6.45, 7) is 0. The van der Waals surface area contributed by atoms with Crippen molar-refractivity contribution in [3.8, 4) is 11.5 Å². The van der Waals surface area contributed by atoms with E-state index < -0.39 is 53.8 Å². The van der Waals surface area contributed by atoms with E-state index in [9.17, 15) is 39.3 Å². The average molecular weight is 620 g/mol. The van der Waals surface area contributed by atoms with Crippen LogP contribution in [0.15, 0.2) is 78.9 Å². The second-order valence-corrected chi connectivity index (χ2v) is 10.6. The molecule has 3 aromatic carbocycles. The molecular formula is C32H37N5O8. The van der Waals surface area contributed by atoms with Gasteiger partial charge in [0.1, 0.15) is 29.6 Å². The van der Waals surface area contributed by atoms with Crippen LogP contribution < -0.4 is 27.4 Å². The van der Waals surface area contributed by atoms with Gasteiger partial charge in [-0.25, -0.2) is 4.79 Å². The van der Waals surface area contributed by atoms with Crippen molar-refractivity contribution in [1.82, 2.24) is 16.0 Å². The Morgan fingerprint density at radius 2 is 1.02 bits per heavy atom. The van der Waals surface area contributed by atoms with Crippen LogP contribution in [-0.2, 0) is 43.2 Å². The van der Waals surface area contributed by atoms with Gasteiger partial charge < -0.3 is 42.7 Å². The van der Waals surface area contributed by atoms with Crippen LogP contribution in [0.3, 0.4) is 0 Å². The smallest absolute Gasteiger partial charge is 0.326 e. The maximum atomic E-state index is 13.7. The Morgan fingerprint density at radius 3 is 1.49 bits per heavy atom. The first kappa shape index (κ1) is 34.1. The molecule has 0 radical (unpaired) electrons. The molecule has 0 bridgehead atoms. The van der Waals surface area contributed by atoms with Crippen molar-refractivity contribution >= 4 is 29.6 Å². The van der Waals surface area contributed by atoms with E-state index in [0.29, 0.717) is 16.7 Å². The fourth-order valence-corrected chi connectivity index (χ4v) is 4.48. The molecule has 10 N–H and O–H groups in total. The molecule has 0 saturated heterocycles. The first-order valence-corrected chi connectivity index (χ1v) is 14.2. The normalized spacial score (nSPS) is 13.4. The molecule has 13 heteroatoms. The molecular weight excluding hydrogens is 582 g/mol. The van der Waals surface area contributed by atoms with E-state index in [-0.39, 0.29) is 43.6 Å². The van der Waals surface area contributed by atoms with Gasteiger partial charge in [0, 0.05) is 19.3 Å². The number of amides is 4. The second kappa shape index (κ2) is 16.4. The number of phenolic OH excluding ortho intramolecular Hbond substituents is 2. The number of aliphatic carboxylic acids is 1. The van der Waals surface area contributed by atoms with Crippen molar-refractivity contribution in [1.29, 1.82) is 0 Å². The molecule has 0 saturated carbocycles. The summed E-state index contributed by atoms with van der Waals surface area (Å²) in [5.74, 6) is -4.27. The quantitative estimate of drug-likeness (QED) is 0.110. The minimum absolute atomic E-state index is 0.00336. The molecule has 0 aliphatic carbocycles. The topological polar surface area (TPSA) is 234 Å². The van der Waals surface area contributed by atoms with Crippen LogP contribution in [0, 0.1) is 0 Å². The Kier molecular flexibility index (Phi) is 12.4. The number of carbonyl (C=O) groups excluding carboxylic acids is 4. The number of phenols is 2. The predicted molar refractivity (Wildman–Crippen MR) is 164 cm³/mol. The number of nitrogens with one attached hydrogen (secondary N) is 3. The maximum Gasteiger partial charge on any atom is 0.326 e. The minimum atomic E-state index is -1.44. The van der Waals surface area contributed by atoms with Gasteiger partial charge in [0.25, 0.3) is 0 Å². The van der Waals surface area contributed by atoms with E-state index >= 15 is 0 Å². The van der Waals surface area contributed by atoms with E-state index in [2.05, 4.69) is 16.0 Å². The fourth-order valence-electron chi connectivity index (χ4n) is 4.48. The lowest BCUT2D eigenvalue weighted by atomic mass is 10.0. The van der Waals surface area contributed by atoms with Crippen molar-refractivity contribution in [3.63, 3.8) is 0 Å². The van der Waals surface area contributed by atoms with Crippen LogP contribution >= 0.6 is 0 Å². The SMILES string of the molecule is NC(=O)CCC(NC(=O)C(Cc1ccccc1)NC(=O)C(Cc1ccc(O)cc1)NC(=O)C(N)Cc1ccc(O)cc1)C(=O)O. The largest absolute Gasteiger partial charge is 0.508 e. The minimum Gasteiger partial charge on any atom is -0.508 e. The van der Waals surface area contributed by atoms with Gasteiger partial charge in [-0.2, -0.15) is 0 Å². The Morgan fingerprint density at radius 1 is 0.600 bits per heavy atom. The van der Waals surface area contributed by atoms with Crippen molar-refractivity contribution in [2.45, 2.75) is 56.3 Å². The van der Waals surface area contributed by atoms with E-state index in [1.807, 2.05) is 0 Å². The van der Waals surface area contributed by atoms with E-state index in [1.54, 1.807) is 54.6 Å². The molecule has 45 heavy (non-hydrogen) atoms. The molecule has 3 rings (SSSR count). The summed E-state index contributed by atoms with van der Waals surface area (Å²) in [6, 6.07) is 15.9. The van der Waals surface area contributed by atoms with Crippen LogP contribution in [0.1, 0.15) is 29.5 Å². The third kappa shape index (κ3) is 11.3. The molecule has 0 aromatic heterocycles. The standard InChI is InChI=1S/C32H37N5O8/c33-24(16-20-6-10-22(38)11-7-20)29(41)36-26(18-21-8-12-23(39)13-9-21)31(43)37-27(17-19-4-2-1-3-5-19)30(42)35-25(32(44)45)14-15-28(34)40/h1-13,24-27,38-39H,14-18,33H2,(H2,34,40)(H,35,42)(H,36,41)(H,37,43)(H,44,45). The molecule has 13 nitrogen and oxygen atoms in total. The number of carboxylic acids is 1. The third-order valence-corrected chi connectivity index (χ3v) is 6.95. The molecule has 0 aliphatic heterocycles. The Bertz CT molecular complexity index is 1470. The molecule has 0 spiro atoms. The van der Waals surface area contributed by atoms with Gasteiger partial charge >= 0.3 is 5.97 Å². The molecule has 4 unspecified atom stereocenters. The van der Waals surface area contributed by atoms with Crippen LogP contribution in [0.25, 0.3) is 0 Å². The molecule has 0 aliphatic rings. The van der Waals surface area contributed by atoms with Gasteiger partial charge in [-0.3, -0.25) is 19.2 Å². The summed E-state index contributed by atoms with van der Waals surface area (Å²) in [6.07, 6.45) is -0.458. The third-order valence-electron chi connectivity index (χ3n) is 6.95. The zero-order valence-electron chi connectivity index (χ0n) is 24.4. The number of carboxylic acid groups (broad SMARTS) is 1. The first-order valence-electron chi connectivity index (χ1n) is 14.2. The number of rotatable bonds is 16. The predicted octanol–water partition coefficient (Wildman–Crippen LogP) is 0.258. The Hall–Kier alpha value is -5.43. The van der Waals surface area contributed by atoms with Crippen molar-refractivity contribution < 1.29 is 39.3 Å². The summed E-state index contributed by atoms with van der Waals surface area (Å²) in [5.41, 5.74) is 13.2. The summed E-state index contributed by atoms with van der Waals surface area (Å²) in [5, 5.41) is 36.4. The summed E-state index contributed by atoms with van der Waals surface area (Å²) in [4.78, 5) is 63.2. The summed E-state index contributed by atoms with van der Waals surface area (Å²) < 4.78 is 0. The molecule has 238 valence electrons. The van der Waals surface area contributed by atoms with E-state index in [1.165, 1.54) is 24.3 Å². The van der Waals surface area contributed by atoms with Gasteiger partial charge in [-0.05, 0) is 53.8 Å². The van der Waals surface area contributed by atoms with Gasteiger partial charge in [0.05, 0.1) is 6.04 Å². The van der Waals surface area contributed by atoms with Crippen LogP contribution in [0.2, 0.25) is 0 Å². The zero-order chi connectivity index (χ0) is 32.9. The van der Waals surface area contributed by atoms with Gasteiger partial charge in [0.2, 0.25) is 23.6 Å². The van der Waals surface area contributed by atoms with Crippen molar-refractivity contribution in [2.75, 3.05) is 0 Å². The lowest BCUT2D eigenvalue weighted by Crippen LogP contribution is -2.58. The fraction of sp³-hybridized carbons (Fsp3) is 0.281. The summed E-state index contributed by atoms with van der Waals surface area (Å²) >= 11 is 0. The lowest BCUT2D eigenvalue weighted by Gasteiger charge is -2.25. The Balaban J connectivity index is 1.83. The number of aromatic hydroxyl groups is 2. The zero-order valence-corrected chi connectivity index (χ0v) is 24.4. The summed E-state index contributed by atoms with van der Waals surface area (Å²) in [7, 11) is 0. The monoisotopic (exact) mass is 619 g/mol. The van der Waals surface area contributed by atoms with Gasteiger partial charge in [-0.15, -0.1) is 0 Å². The molecule has 0 fully saturated rings. The molecule has 4 amide bonds. The Labute approximate surface area is 259 Å². The molecule has 4 atom stereocenters. The number of benzene rings is 3. The van der Waals surface area contributed by atoms with E-state index in [4.69, 9.17) is 11.5 Å². The maximum absolute atomic E-state index is 13.7. The van der Waals surface area contributed by atoms with Crippen LogP contribution in [0.4, 0.5) is 0 Å². The second-order valence-electron chi connectivity index (χ2n) is 10.6. The number of nitrogens with two attached hydrogens (primary N) is 2. The number of hydrogen-bond donors (Lipinski definition) is 8. The highest BCUT2D eigenvalue weighted by Gasteiger charge is 2.31. The number of hydrogen-bond acceptors (Lipinski definition) is 8. The number of primary amides is 1. The van der Waals surface area contributed by atoms with E-state index in [0.717, 1.165) is 0 Å². The highest BCUT2D eigenvalue weighted by atomic mass is 16.4.